The number of unbranched alkanes of at least 4 members (excludes halogenated alkanes) is 1. The van der Waals surface area contributed by atoms with Crippen LogP contribution in [0.1, 0.15) is 32.3 Å². The van der Waals surface area contributed by atoms with Crippen molar-refractivity contribution in [2.24, 2.45) is 0 Å². The van der Waals surface area contributed by atoms with Gasteiger partial charge in [-0.1, -0.05) is 56.7 Å². The van der Waals surface area contributed by atoms with Gasteiger partial charge >= 0.3 is 0 Å². The number of imidazole rings is 1. The summed E-state index contributed by atoms with van der Waals surface area (Å²) in [6.45, 7) is 5.22. The first-order chi connectivity index (χ1) is 11.2. The van der Waals surface area contributed by atoms with E-state index in [1.165, 1.54) is 16.3 Å². The molecule has 2 aromatic carbocycles. The highest BCUT2D eigenvalue weighted by Gasteiger charge is 2.24. The topological polar surface area (TPSA) is 8.81 Å². The van der Waals surface area contributed by atoms with E-state index in [-0.39, 0.29) is 0 Å². The number of benzene rings is 2. The molecule has 120 valence electrons. The van der Waals surface area contributed by atoms with Crippen LogP contribution >= 0.6 is 23.2 Å². The molecule has 3 aromatic rings. The number of fused-ring (bicyclic) bond motifs is 1. The van der Waals surface area contributed by atoms with Gasteiger partial charge < -0.3 is 0 Å². The molecule has 0 aliphatic carbocycles. The second kappa shape index (κ2) is 6.94. The minimum Gasteiger partial charge on any atom is -0.219 e. The maximum Gasteiger partial charge on any atom is 0.260 e. The van der Waals surface area contributed by atoms with Crippen molar-refractivity contribution < 1.29 is 4.57 Å². The van der Waals surface area contributed by atoms with Crippen LogP contribution in [0.15, 0.2) is 42.7 Å². The van der Waals surface area contributed by atoms with Gasteiger partial charge in [-0.15, -0.1) is 0 Å². The van der Waals surface area contributed by atoms with Gasteiger partial charge in [0.05, 0.1) is 6.54 Å². The summed E-state index contributed by atoms with van der Waals surface area (Å²) in [5.41, 5.74) is 2.40. The van der Waals surface area contributed by atoms with Gasteiger partial charge in [-0.2, -0.15) is 4.57 Å². The van der Waals surface area contributed by atoms with Crippen molar-refractivity contribution in [1.82, 2.24) is 4.57 Å². The van der Waals surface area contributed by atoms with Crippen LogP contribution in [0, 0.1) is 0 Å². The predicted octanol–water partition coefficient (Wildman–Crippen LogP) is 5.59. The molecule has 0 aliphatic rings. The third kappa shape index (κ3) is 2.98. The van der Waals surface area contributed by atoms with E-state index in [1.807, 2.05) is 15.5 Å². The lowest BCUT2D eigenvalue weighted by Gasteiger charge is -2.09. The number of aromatic nitrogens is 2. The number of hydrogen-bond acceptors (Lipinski definition) is 0. The molecule has 4 heteroatoms. The fraction of sp³-hybridized carbons (Fsp3) is 0.316. The summed E-state index contributed by atoms with van der Waals surface area (Å²) in [5, 5.41) is 3.59. The van der Waals surface area contributed by atoms with Crippen molar-refractivity contribution in [2.75, 3.05) is 0 Å². The van der Waals surface area contributed by atoms with Crippen molar-refractivity contribution in [3.05, 3.63) is 58.6 Å². The van der Waals surface area contributed by atoms with Crippen molar-refractivity contribution in [3.63, 3.8) is 0 Å². The standard InChI is InChI=1S/C19H21Cl2N2/c1-3-5-12-22-13-23(19(21)18(22)20)17-14(4-2)10-11-15-8-6-7-9-16(15)17/h6-11,13H,3-5,12H2,1-2H3/q+1. The summed E-state index contributed by atoms with van der Waals surface area (Å²) >= 11 is 13.0. The third-order valence-corrected chi connectivity index (χ3v) is 5.10. The van der Waals surface area contributed by atoms with Crippen molar-refractivity contribution in [2.45, 2.75) is 39.7 Å². The van der Waals surface area contributed by atoms with Gasteiger partial charge in [0.25, 0.3) is 16.6 Å². The van der Waals surface area contributed by atoms with Crippen LogP contribution in [0.3, 0.4) is 0 Å². The van der Waals surface area contributed by atoms with Gasteiger partial charge in [0, 0.05) is 5.39 Å². The smallest absolute Gasteiger partial charge is 0.219 e. The zero-order chi connectivity index (χ0) is 16.4. The molecule has 0 aliphatic heterocycles. The molecule has 0 atom stereocenters. The summed E-state index contributed by atoms with van der Waals surface area (Å²) in [5.74, 6) is 0. The third-order valence-electron chi connectivity index (χ3n) is 4.25. The second-order valence-electron chi connectivity index (χ2n) is 5.76. The summed E-state index contributed by atoms with van der Waals surface area (Å²) in [6, 6.07) is 12.7. The molecule has 0 amide bonds. The molecule has 23 heavy (non-hydrogen) atoms. The zero-order valence-electron chi connectivity index (χ0n) is 13.5. The van der Waals surface area contributed by atoms with E-state index >= 15 is 0 Å². The Bertz CT molecular complexity index is 837. The second-order valence-corrected chi connectivity index (χ2v) is 6.48. The molecule has 0 saturated heterocycles. The summed E-state index contributed by atoms with van der Waals surface area (Å²) in [6.07, 6.45) is 5.18. The largest absolute Gasteiger partial charge is 0.260 e. The van der Waals surface area contributed by atoms with E-state index in [9.17, 15) is 0 Å². The van der Waals surface area contributed by atoms with Crippen LogP contribution in [0.2, 0.25) is 10.3 Å². The van der Waals surface area contributed by atoms with Crippen LogP contribution in [0.5, 0.6) is 0 Å². The summed E-state index contributed by atoms with van der Waals surface area (Å²) in [4.78, 5) is 0. The van der Waals surface area contributed by atoms with Crippen molar-refractivity contribution >= 4 is 34.0 Å². The van der Waals surface area contributed by atoms with Gasteiger partial charge in [-0.05, 0) is 47.0 Å². The Morgan fingerprint density at radius 2 is 1.83 bits per heavy atom. The summed E-state index contributed by atoms with van der Waals surface area (Å²) < 4.78 is 4.06. The lowest BCUT2D eigenvalue weighted by atomic mass is 10.0. The van der Waals surface area contributed by atoms with Crippen LogP contribution in [0.25, 0.3) is 16.5 Å². The average Bonchev–Trinajstić information content (AvgIpc) is 2.87. The highest BCUT2D eigenvalue weighted by molar-refractivity contribution is 6.40. The van der Waals surface area contributed by atoms with Gasteiger partial charge in [0.2, 0.25) is 0 Å². The fourth-order valence-electron chi connectivity index (χ4n) is 2.97. The van der Waals surface area contributed by atoms with Gasteiger partial charge in [0.15, 0.2) is 0 Å². The molecule has 0 N–H and O–H groups in total. The lowest BCUT2D eigenvalue weighted by Crippen LogP contribution is -2.32. The number of nitrogens with zero attached hydrogens (tertiary/aromatic N) is 2. The molecule has 0 fully saturated rings. The van der Waals surface area contributed by atoms with E-state index in [0.717, 1.165) is 31.5 Å². The van der Waals surface area contributed by atoms with E-state index in [4.69, 9.17) is 23.2 Å². The zero-order valence-corrected chi connectivity index (χ0v) is 15.0. The lowest BCUT2D eigenvalue weighted by molar-refractivity contribution is -0.694. The first kappa shape index (κ1) is 16.4. The molecule has 0 spiro atoms. The number of rotatable bonds is 5. The monoisotopic (exact) mass is 347 g/mol. The molecule has 3 rings (SSSR count). The quantitative estimate of drug-likeness (QED) is 0.532. The maximum atomic E-state index is 6.57. The normalized spacial score (nSPS) is 11.3. The van der Waals surface area contributed by atoms with Crippen molar-refractivity contribution in [3.8, 4) is 5.69 Å². The van der Waals surface area contributed by atoms with Crippen LogP contribution < -0.4 is 4.57 Å². The minimum absolute atomic E-state index is 0.578. The van der Waals surface area contributed by atoms with Gasteiger partial charge in [-0.3, -0.25) is 0 Å². The van der Waals surface area contributed by atoms with Gasteiger partial charge in [-0.25, -0.2) is 4.57 Å². The SMILES string of the molecule is CCCC[n+]1cn(-c2c(CC)ccc3ccccc23)c(Cl)c1Cl. The van der Waals surface area contributed by atoms with Crippen LogP contribution in [-0.2, 0) is 13.0 Å². The Balaban J connectivity index is 2.24. The summed E-state index contributed by atoms with van der Waals surface area (Å²) in [7, 11) is 0. The van der Waals surface area contributed by atoms with E-state index in [0.29, 0.717) is 10.3 Å². The highest BCUT2D eigenvalue weighted by Crippen LogP contribution is 2.31. The molecule has 0 unspecified atom stereocenters. The molecule has 2 nitrogen and oxygen atoms in total. The molecule has 1 heterocycles. The molecular weight excluding hydrogens is 327 g/mol. The van der Waals surface area contributed by atoms with Gasteiger partial charge in [0.1, 0.15) is 5.69 Å². The van der Waals surface area contributed by atoms with E-state index in [1.54, 1.807) is 0 Å². The Hall–Kier alpha value is -1.51. The minimum atomic E-state index is 0.578. The Morgan fingerprint density at radius 3 is 2.57 bits per heavy atom. The highest BCUT2D eigenvalue weighted by atomic mass is 35.5. The Labute approximate surface area is 147 Å². The molecular formula is C19H21Cl2N2+. The number of halogens is 2. The predicted molar refractivity (Wildman–Crippen MR) is 97.8 cm³/mol. The Kier molecular flexibility index (Phi) is 4.93. The fourth-order valence-corrected chi connectivity index (χ4v) is 3.42. The number of hydrogen-bond donors (Lipinski definition) is 0. The maximum absolute atomic E-state index is 6.57. The first-order valence-electron chi connectivity index (χ1n) is 8.14. The van der Waals surface area contributed by atoms with E-state index < -0.39 is 0 Å². The Morgan fingerprint density at radius 1 is 1.04 bits per heavy atom. The molecule has 0 bridgehead atoms. The number of aryl methyl sites for hydroxylation is 2. The van der Waals surface area contributed by atoms with Crippen LogP contribution in [0.4, 0.5) is 0 Å². The first-order valence-corrected chi connectivity index (χ1v) is 8.89. The van der Waals surface area contributed by atoms with Crippen LogP contribution in [-0.4, -0.2) is 4.57 Å². The van der Waals surface area contributed by atoms with E-state index in [2.05, 4.69) is 50.2 Å². The average molecular weight is 348 g/mol. The van der Waals surface area contributed by atoms with Crippen molar-refractivity contribution in [1.29, 1.82) is 0 Å². The molecule has 0 saturated carbocycles. The molecule has 0 radical (unpaired) electrons. The molecule has 1 aromatic heterocycles.